The van der Waals surface area contributed by atoms with Gasteiger partial charge in [0.2, 0.25) is 0 Å². The molecule has 0 saturated heterocycles. The Kier molecular flexibility index (Phi) is 3.56. The van der Waals surface area contributed by atoms with Crippen LogP contribution in [0.2, 0.25) is 0 Å². The van der Waals surface area contributed by atoms with Crippen LogP contribution in [0.4, 0.5) is 0 Å². The van der Waals surface area contributed by atoms with Crippen LogP contribution in [0, 0.1) is 0 Å². The number of thioether (sulfide) groups is 1. The van der Waals surface area contributed by atoms with Crippen molar-refractivity contribution in [2.75, 3.05) is 12.8 Å². The maximum atomic E-state index is 12.4. The van der Waals surface area contributed by atoms with E-state index in [1.54, 1.807) is 23.3 Å². The fourth-order valence-corrected chi connectivity index (χ4v) is 4.41. The average Bonchev–Trinajstić information content (AvgIpc) is 3.05. The van der Waals surface area contributed by atoms with E-state index in [1.165, 1.54) is 16.8 Å². The minimum Gasteiger partial charge on any atom is -0.333 e. The van der Waals surface area contributed by atoms with E-state index in [9.17, 15) is 4.79 Å². The largest absolute Gasteiger partial charge is 0.333 e. The van der Waals surface area contributed by atoms with Crippen molar-refractivity contribution >= 4 is 29.0 Å². The molecule has 3 rings (SSSR count). The predicted octanol–water partition coefficient (Wildman–Crippen LogP) is 1.93. The third kappa shape index (κ3) is 2.66. The van der Waals surface area contributed by atoms with Crippen molar-refractivity contribution in [3.05, 3.63) is 33.5 Å². The van der Waals surface area contributed by atoms with Crippen LogP contribution in [0.25, 0.3) is 0 Å². The first kappa shape index (κ1) is 12.7. The Morgan fingerprint density at radius 2 is 2.47 bits per heavy atom. The maximum Gasteiger partial charge on any atom is 0.264 e. The topological polar surface area (TPSA) is 61.9 Å². The fourth-order valence-electron chi connectivity index (χ4n) is 2.04. The summed E-state index contributed by atoms with van der Waals surface area (Å²) in [6.07, 6.45) is 2.54. The number of carbonyl (C=O) groups excluding carboxylic acids is 1. The van der Waals surface area contributed by atoms with Gasteiger partial charge in [-0.05, 0) is 23.8 Å². The second-order valence-electron chi connectivity index (χ2n) is 4.46. The van der Waals surface area contributed by atoms with Gasteiger partial charge < -0.3 is 4.90 Å². The summed E-state index contributed by atoms with van der Waals surface area (Å²) < 4.78 is 0. The zero-order chi connectivity index (χ0) is 13.2. The number of nitrogens with one attached hydrogen (secondary N) is 1. The highest BCUT2D eigenvalue weighted by molar-refractivity contribution is 7.98. The Bertz CT molecular complexity index is 555. The molecule has 3 heterocycles. The van der Waals surface area contributed by atoms with Gasteiger partial charge in [0.25, 0.3) is 5.91 Å². The summed E-state index contributed by atoms with van der Waals surface area (Å²) in [7, 11) is 1.79. The molecule has 1 aliphatic rings. The first-order valence-electron chi connectivity index (χ1n) is 6.03. The lowest BCUT2D eigenvalue weighted by Crippen LogP contribution is -2.26. The quantitative estimate of drug-likeness (QED) is 0.939. The zero-order valence-electron chi connectivity index (χ0n) is 10.5. The van der Waals surface area contributed by atoms with Crippen molar-refractivity contribution < 1.29 is 4.79 Å². The highest BCUT2D eigenvalue weighted by Gasteiger charge is 2.20. The van der Waals surface area contributed by atoms with Crippen LogP contribution in [-0.4, -0.2) is 38.8 Å². The Morgan fingerprint density at radius 3 is 3.21 bits per heavy atom. The lowest BCUT2D eigenvalue weighted by atomic mass is 10.2. The summed E-state index contributed by atoms with van der Waals surface area (Å²) in [4.78, 5) is 20.3. The molecule has 0 aliphatic carbocycles. The molecule has 0 bridgehead atoms. The number of hydrogen-bond acceptors (Lipinski definition) is 5. The van der Waals surface area contributed by atoms with Gasteiger partial charge in [-0.15, -0.1) is 11.3 Å². The van der Waals surface area contributed by atoms with Gasteiger partial charge >= 0.3 is 0 Å². The lowest BCUT2D eigenvalue weighted by molar-refractivity contribution is 0.0786. The first-order chi connectivity index (χ1) is 9.24. The summed E-state index contributed by atoms with van der Waals surface area (Å²) in [5, 5.41) is 6.55. The van der Waals surface area contributed by atoms with E-state index in [0.29, 0.717) is 12.4 Å². The highest BCUT2D eigenvalue weighted by Crippen LogP contribution is 2.32. The minimum absolute atomic E-state index is 0.0563. The van der Waals surface area contributed by atoms with Crippen molar-refractivity contribution in [3.8, 4) is 0 Å². The molecule has 2 aromatic heterocycles. The third-order valence-corrected chi connectivity index (χ3v) is 5.27. The number of carbonyl (C=O) groups is 1. The molecule has 7 heteroatoms. The molecular weight excluding hydrogens is 280 g/mol. The third-order valence-electron chi connectivity index (χ3n) is 3.04. The van der Waals surface area contributed by atoms with Crippen molar-refractivity contribution in [1.82, 2.24) is 20.1 Å². The molecule has 0 atom stereocenters. The zero-order valence-corrected chi connectivity index (χ0v) is 12.2. The Morgan fingerprint density at radius 1 is 1.58 bits per heavy atom. The predicted molar refractivity (Wildman–Crippen MR) is 76.4 cm³/mol. The van der Waals surface area contributed by atoms with E-state index in [-0.39, 0.29) is 5.91 Å². The van der Waals surface area contributed by atoms with Crippen LogP contribution in [0.1, 0.15) is 25.9 Å². The van der Waals surface area contributed by atoms with Gasteiger partial charge in [-0.2, -0.15) is 16.9 Å². The Hall–Kier alpha value is -1.34. The molecule has 2 aromatic rings. The summed E-state index contributed by atoms with van der Waals surface area (Å²) in [5.41, 5.74) is 1.33. The lowest BCUT2D eigenvalue weighted by Gasteiger charge is -2.13. The molecule has 0 spiro atoms. The highest BCUT2D eigenvalue weighted by atomic mass is 32.2. The molecule has 100 valence electrons. The minimum atomic E-state index is 0.0563. The van der Waals surface area contributed by atoms with Gasteiger partial charge in [-0.25, -0.2) is 4.98 Å². The summed E-state index contributed by atoms with van der Waals surface area (Å²) in [6.45, 7) is 0.455. The fraction of sp³-hybridized carbons (Fsp3) is 0.417. The van der Waals surface area contributed by atoms with Crippen molar-refractivity contribution in [1.29, 1.82) is 0 Å². The van der Waals surface area contributed by atoms with Crippen LogP contribution < -0.4 is 0 Å². The number of thiophene rings is 1. The van der Waals surface area contributed by atoms with Crippen LogP contribution in [-0.2, 0) is 18.7 Å². The summed E-state index contributed by atoms with van der Waals surface area (Å²) in [6, 6.07) is 2.05. The van der Waals surface area contributed by atoms with Crippen molar-refractivity contribution in [2.45, 2.75) is 18.7 Å². The molecular formula is C12H14N4OS2. The molecule has 1 aliphatic heterocycles. The normalized spacial score (nSPS) is 14.2. The van der Waals surface area contributed by atoms with E-state index in [2.05, 4.69) is 15.2 Å². The maximum absolute atomic E-state index is 12.4. The van der Waals surface area contributed by atoms with Gasteiger partial charge in [0.05, 0.1) is 11.4 Å². The van der Waals surface area contributed by atoms with Crippen LogP contribution >= 0.6 is 23.1 Å². The summed E-state index contributed by atoms with van der Waals surface area (Å²) in [5.74, 6) is 2.95. The Balaban J connectivity index is 1.74. The smallest absolute Gasteiger partial charge is 0.264 e. The van der Waals surface area contributed by atoms with Crippen LogP contribution in [0.3, 0.4) is 0 Å². The number of fused-ring (bicyclic) bond motifs is 1. The molecule has 5 nitrogen and oxygen atoms in total. The molecule has 0 unspecified atom stereocenters. The Labute approximate surface area is 119 Å². The number of aromatic amines is 1. The number of amides is 1. The molecule has 0 fully saturated rings. The molecule has 1 N–H and O–H groups in total. The number of nitrogens with zero attached hydrogens (tertiary/aromatic N) is 3. The monoisotopic (exact) mass is 294 g/mol. The number of rotatable bonds is 3. The number of hydrogen-bond donors (Lipinski definition) is 1. The molecule has 19 heavy (non-hydrogen) atoms. The molecule has 0 radical (unpaired) electrons. The van der Waals surface area contributed by atoms with Gasteiger partial charge in [0.15, 0.2) is 0 Å². The first-order valence-corrected chi connectivity index (χ1v) is 8.00. The standard InChI is InChI=1S/C12H14N4OS2/c1-16(5-11-13-7-14-15-11)12(17)10-4-8-6-18-3-2-9(8)19-10/h4,7H,2-3,5-6H2,1H3,(H,13,14,15). The molecule has 1 amide bonds. The number of H-pyrrole nitrogens is 1. The average molecular weight is 294 g/mol. The molecule has 0 aromatic carbocycles. The van der Waals surface area contributed by atoms with E-state index in [4.69, 9.17) is 0 Å². The van der Waals surface area contributed by atoms with Gasteiger partial charge in [0.1, 0.15) is 12.2 Å². The van der Waals surface area contributed by atoms with E-state index in [1.807, 2.05) is 17.8 Å². The number of aromatic nitrogens is 3. The van der Waals surface area contributed by atoms with Crippen LogP contribution in [0.15, 0.2) is 12.4 Å². The second-order valence-corrected chi connectivity index (χ2v) is 6.70. The SMILES string of the molecule is CN(Cc1ncn[nH]1)C(=O)c1cc2c(s1)CCSC2. The van der Waals surface area contributed by atoms with Crippen molar-refractivity contribution in [3.63, 3.8) is 0 Å². The van der Waals surface area contributed by atoms with E-state index in [0.717, 1.165) is 22.8 Å². The number of aryl methyl sites for hydroxylation is 1. The van der Waals surface area contributed by atoms with Crippen molar-refractivity contribution in [2.24, 2.45) is 0 Å². The van der Waals surface area contributed by atoms with Crippen LogP contribution in [0.5, 0.6) is 0 Å². The van der Waals surface area contributed by atoms with E-state index < -0.39 is 0 Å². The summed E-state index contributed by atoms with van der Waals surface area (Å²) >= 11 is 3.57. The van der Waals surface area contributed by atoms with E-state index >= 15 is 0 Å². The van der Waals surface area contributed by atoms with Gasteiger partial charge in [-0.3, -0.25) is 9.89 Å². The molecule has 0 saturated carbocycles. The second kappa shape index (κ2) is 5.34. The van der Waals surface area contributed by atoms with Gasteiger partial charge in [-0.1, -0.05) is 0 Å². The van der Waals surface area contributed by atoms with Gasteiger partial charge in [0, 0.05) is 17.7 Å².